The number of amidine groups is 1. The van der Waals surface area contributed by atoms with E-state index in [9.17, 15) is 9.59 Å². The summed E-state index contributed by atoms with van der Waals surface area (Å²) in [6.45, 7) is 0. The zero-order valence-electron chi connectivity index (χ0n) is 4.77. The number of hydrogen-bond acceptors (Lipinski definition) is 4. The smallest absolute Gasteiger partial charge is 0.326 e. The van der Waals surface area contributed by atoms with Gasteiger partial charge in [-0.05, 0) is 0 Å². The van der Waals surface area contributed by atoms with Crippen molar-refractivity contribution in [2.75, 3.05) is 0 Å². The molecule has 1 aliphatic heterocycles. The fourth-order valence-corrected chi connectivity index (χ4v) is 1.16. The summed E-state index contributed by atoms with van der Waals surface area (Å²) in [4.78, 5) is 24.0. The summed E-state index contributed by atoms with van der Waals surface area (Å²) < 4.78 is 0. The predicted octanol–water partition coefficient (Wildman–Crippen LogP) is -0.972. The van der Waals surface area contributed by atoms with Crippen molar-refractivity contribution in [3.05, 3.63) is 0 Å². The third-order valence-electron chi connectivity index (χ3n) is 0.908. The molecule has 0 saturated heterocycles. The monoisotopic (exact) mass is 160 g/mol. The van der Waals surface area contributed by atoms with Crippen LogP contribution in [-0.4, -0.2) is 27.4 Å². The van der Waals surface area contributed by atoms with Crippen LogP contribution in [0.3, 0.4) is 0 Å². The number of nitrogens with two attached hydrogens (primary N) is 1. The standard InChI is InChI=1S/C4H4N2O3S/c5-4-6-2(7)1(10-4)3(8)9/h1H,(H,8,9)(H2,5,6,7). The molecule has 54 valence electrons. The van der Waals surface area contributed by atoms with Crippen LogP contribution >= 0.6 is 11.8 Å². The molecule has 0 bridgehead atoms. The van der Waals surface area contributed by atoms with Gasteiger partial charge >= 0.3 is 5.97 Å². The van der Waals surface area contributed by atoms with Crippen LogP contribution in [0.1, 0.15) is 0 Å². The van der Waals surface area contributed by atoms with Crippen LogP contribution < -0.4 is 5.73 Å². The van der Waals surface area contributed by atoms with Gasteiger partial charge in [0.2, 0.25) is 0 Å². The van der Waals surface area contributed by atoms with Crippen LogP contribution in [0.25, 0.3) is 0 Å². The van der Waals surface area contributed by atoms with Crippen LogP contribution in [0, 0.1) is 0 Å². The Morgan fingerprint density at radius 1 is 1.80 bits per heavy atom. The fourth-order valence-electron chi connectivity index (χ4n) is 0.521. The molecule has 0 aromatic rings. The van der Waals surface area contributed by atoms with Gasteiger partial charge in [-0.1, -0.05) is 11.8 Å². The van der Waals surface area contributed by atoms with Gasteiger partial charge in [0.1, 0.15) is 0 Å². The van der Waals surface area contributed by atoms with Crippen molar-refractivity contribution in [1.29, 1.82) is 0 Å². The van der Waals surface area contributed by atoms with Crippen LogP contribution in [0.2, 0.25) is 0 Å². The van der Waals surface area contributed by atoms with E-state index in [1.54, 1.807) is 0 Å². The lowest BCUT2D eigenvalue weighted by molar-refractivity contribution is -0.139. The van der Waals surface area contributed by atoms with Crippen LogP contribution in [0.5, 0.6) is 0 Å². The normalized spacial score (nSPS) is 24.6. The average molecular weight is 160 g/mol. The molecular weight excluding hydrogens is 156 g/mol. The molecule has 1 unspecified atom stereocenters. The molecule has 1 aliphatic rings. The molecule has 0 radical (unpaired) electrons. The van der Waals surface area contributed by atoms with Gasteiger partial charge in [-0.2, -0.15) is 4.99 Å². The Morgan fingerprint density at radius 3 is 2.60 bits per heavy atom. The maximum atomic E-state index is 10.6. The number of carbonyl (C=O) groups excluding carboxylic acids is 1. The van der Waals surface area contributed by atoms with E-state index in [-0.39, 0.29) is 5.17 Å². The molecule has 5 nitrogen and oxygen atoms in total. The first-order valence-corrected chi connectivity index (χ1v) is 3.26. The number of nitrogens with zero attached hydrogens (tertiary/aromatic N) is 1. The minimum Gasteiger partial charge on any atom is -0.480 e. The van der Waals surface area contributed by atoms with E-state index in [0.717, 1.165) is 11.8 Å². The van der Waals surface area contributed by atoms with Gasteiger partial charge in [-0.25, -0.2) is 0 Å². The van der Waals surface area contributed by atoms with Crippen molar-refractivity contribution >= 4 is 28.8 Å². The number of aliphatic imine (C=N–C) groups is 1. The van der Waals surface area contributed by atoms with Crippen LogP contribution in [0.15, 0.2) is 4.99 Å². The summed E-state index contributed by atoms with van der Waals surface area (Å²) in [6.07, 6.45) is 0. The lowest BCUT2D eigenvalue weighted by Crippen LogP contribution is -2.21. The molecule has 0 saturated carbocycles. The van der Waals surface area contributed by atoms with Crippen molar-refractivity contribution in [2.45, 2.75) is 5.25 Å². The Balaban J connectivity index is 2.73. The first-order chi connectivity index (χ1) is 4.61. The molecule has 0 spiro atoms. The molecule has 1 rings (SSSR count). The Hall–Kier alpha value is -1.04. The number of aliphatic carboxylic acids is 1. The van der Waals surface area contributed by atoms with Crippen LogP contribution in [0.4, 0.5) is 0 Å². The number of amides is 1. The lowest BCUT2D eigenvalue weighted by atomic mass is 10.4. The van der Waals surface area contributed by atoms with Gasteiger partial charge < -0.3 is 10.8 Å². The van der Waals surface area contributed by atoms with E-state index in [1.165, 1.54) is 0 Å². The molecule has 0 aromatic heterocycles. The first kappa shape index (κ1) is 7.07. The van der Waals surface area contributed by atoms with Gasteiger partial charge in [0.25, 0.3) is 5.91 Å². The summed E-state index contributed by atoms with van der Waals surface area (Å²) >= 11 is 0.760. The molecule has 1 amide bonds. The minimum absolute atomic E-state index is 0.0254. The van der Waals surface area contributed by atoms with Gasteiger partial charge in [-0.3, -0.25) is 9.59 Å². The van der Waals surface area contributed by atoms with Gasteiger partial charge in [-0.15, -0.1) is 0 Å². The Labute approximate surface area is 60.3 Å². The molecular formula is C4H4N2O3S. The number of carboxylic acid groups (broad SMARTS) is 1. The highest BCUT2D eigenvalue weighted by molar-refractivity contribution is 8.16. The van der Waals surface area contributed by atoms with Crippen molar-refractivity contribution in [2.24, 2.45) is 10.7 Å². The van der Waals surface area contributed by atoms with E-state index in [0.29, 0.717) is 0 Å². The molecule has 1 heterocycles. The molecule has 1 atom stereocenters. The summed E-state index contributed by atoms with van der Waals surface area (Å²) in [5, 5.41) is 7.23. The summed E-state index contributed by atoms with van der Waals surface area (Å²) in [5.41, 5.74) is 5.08. The highest BCUT2D eigenvalue weighted by Crippen LogP contribution is 2.19. The average Bonchev–Trinajstić information content (AvgIpc) is 2.10. The van der Waals surface area contributed by atoms with Crippen molar-refractivity contribution in [3.63, 3.8) is 0 Å². The second-order valence-corrected chi connectivity index (χ2v) is 2.75. The lowest BCUT2D eigenvalue weighted by Gasteiger charge is -1.95. The second kappa shape index (κ2) is 2.30. The Bertz CT molecular complexity index is 225. The second-order valence-electron chi connectivity index (χ2n) is 1.62. The number of thioether (sulfide) groups is 1. The molecule has 0 fully saturated rings. The molecule has 6 heteroatoms. The fraction of sp³-hybridized carbons (Fsp3) is 0.250. The third-order valence-corrected chi connectivity index (χ3v) is 1.88. The van der Waals surface area contributed by atoms with Crippen molar-refractivity contribution in [1.82, 2.24) is 0 Å². The minimum atomic E-state index is -1.20. The summed E-state index contributed by atoms with van der Waals surface area (Å²) in [5.74, 6) is -1.88. The first-order valence-electron chi connectivity index (χ1n) is 2.38. The number of hydrogen-bond donors (Lipinski definition) is 2. The maximum Gasteiger partial charge on any atom is 0.326 e. The largest absolute Gasteiger partial charge is 0.480 e. The zero-order chi connectivity index (χ0) is 7.72. The van der Waals surface area contributed by atoms with Crippen LogP contribution in [-0.2, 0) is 9.59 Å². The van der Waals surface area contributed by atoms with Gasteiger partial charge in [0, 0.05) is 0 Å². The highest BCUT2D eigenvalue weighted by atomic mass is 32.2. The summed E-state index contributed by atoms with van der Waals surface area (Å²) in [6, 6.07) is 0. The molecule has 0 aliphatic carbocycles. The van der Waals surface area contributed by atoms with E-state index in [4.69, 9.17) is 10.8 Å². The predicted molar refractivity (Wildman–Crippen MR) is 35.6 cm³/mol. The Kier molecular flexibility index (Phi) is 1.62. The number of rotatable bonds is 1. The van der Waals surface area contributed by atoms with E-state index < -0.39 is 17.1 Å². The highest BCUT2D eigenvalue weighted by Gasteiger charge is 2.33. The quantitative estimate of drug-likeness (QED) is 0.481. The van der Waals surface area contributed by atoms with Crippen molar-refractivity contribution in [3.8, 4) is 0 Å². The molecule has 3 N–H and O–H groups in total. The van der Waals surface area contributed by atoms with E-state index in [2.05, 4.69) is 4.99 Å². The molecule has 0 aromatic carbocycles. The Morgan fingerprint density at radius 2 is 2.40 bits per heavy atom. The summed E-state index contributed by atoms with van der Waals surface area (Å²) in [7, 11) is 0. The molecule has 10 heavy (non-hydrogen) atoms. The zero-order valence-corrected chi connectivity index (χ0v) is 5.59. The van der Waals surface area contributed by atoms with Gasteiger partial charge in [0.15, 0.2) is 10.4 Å². The number of carboxylic acids is 1. The number of carbonyl (C=O) groups is 2. The van der Waals surface area contributed by atoms with Gasteiger partial charge in [0.05, 0.1) is 0 Å². The van der Waals surface area contributed by atoms with E-state index in [1.807, 2.05) is 0 Å². The van der Waals surface area contributed by atoms with E-state index >= 15 is 0 Å². The van der Waals surface area contributed by atoms with Crippen molar-refractivity contribution < 1.29 is 14.7 Å². The maximum absolute atomic E-state index is 10.6. The third kappa shape index (κ3) is 1.10. The topological polar surface area (TPSA) is 92.8 Å². The SMILES string of the molecule is NC1=NC(=O)C(C(=O)O)S1.